The van der Waals surface area contributed by atoms with E-state index in [9.17, 15) is 9.59 Å². The molecular weight excluding hydrogens is 446 g/mol. The van der Waals surface area contributed by atoms with Crippen molar-refractivity contribution in [1.29, 1.82) is 0 Å². The lowest BCUT2D eigenvalue weighted by atomic mass is 10.0. The number of carbonyl (C=O) groups excluding carboxylic acids is 2. The Morgan fingerprint density at radius 2 is 1.69 bits per heavy atom. The van der Waals surface area contributed by atoms with Gasteiger partial charge in [0.05, 0.1) is 19.2 Å². The predicted molar refractivity (Wildman–Crippen MR) is 132 cm³/mol. The maximum atomic E-state index is 13.9. The maximum absolute atomic E-state index is 13.9. The molecule has 4 aromatic rings. The number of aromatic nitrogens is 3. The lowest BCUT2D eigenvalue weighted by molar-refractivity contribution is -0.127. The van der Waals surface area contributed by atoms with Crippen LogP contribution >= 0.6 is 0 Å². The van der Waals surface area contributed by atoms with Gasteiger partial charge in [-0.05, 0) is 42.0 Å². The highest BCUT2D eigenvalue weighted by Gasteiger charge is 2.33. The molecule has 0 aliphatic carbocycles. The van der Waals surface area contributed by atoms with Crippen molar-refractivity contribution >= 4 is 28.5 Å². The largest absolute Gasteiger partial charge is 0.497 e. The third kappa shape index (κ3) is 5.47. The summed E-state index contributed by atoms with van der Waals surface area (Å²) in [5.74, 6) is 0.00616. The summed E-state index contributed by atoms with van der Waals surface area (Å²) in [7, 11) is 3.14. The van der Waals surface area contributed by atoms with Crippen LogP contribution in [-0.2, 0) is 20.9 Å². The standard InChI is InChI=1S/C26H27N5O4/c1-34-17-16-27-26(33)25(19-8-4-3-5-9-19)31(20-12-14-21(35-2)15-13-20)24(32)18-30-23-11-7-6-10-22(23)28-29-30/h3-15,25H,16-18H2,1-2H3,(H,27,33)/t25-/m1/s1. The van der Waals surface area contributed by atoms with Crippen LogP contribution < -0.4 is 15.0 Å². The molecule has 4 rings (SSSR count). The van der Waals surface area contributed by atoms with Crippen molar-refractivity contribution in [2.45, 2.75) is 12.6 Å². The van der Waals surface area contributed by atoms with Gasteiger partial charge in [0.2, 0.25) is 11.8 Å². The summed E-state index contributed by atoms with van der Waals surface area (Å²) in [5, 5.41) is 11.2. The number of hydrogen-bond donors (Lipinski definition) is 1. The molecule has 1 N–H and O–H groups in total. The number of fused-ring (bicyclic) bond motifs is 1. The first kappa shape index (κ1) is 23.9. The second-order valence-electron chi connectivity index (χ2n) is 7.79. The van der Waals surface area contributed by atoms with E-state index in [0.717, 1.165) is 5.52 Å². The van der Waals surface area contributed by atoms with E-state index < -0.39 is 6.04 Å². The van der Waals surface area contributed by atoms with Gasteiger partial charge in [-0.1, -0.05) is 47.7 Å². The Bertz CT molecular complexity index is 1270. The Morgan fingerprint density at radius 1 is 0.971 bits per heavy atom. The maximum Gasteiger partial charge on any atom is 0.249 e. The van der Waals surface area contributed by atoms with Crippen LogP contribution in [0.2, 0.25) is 0 Å². The molecule has 0 saturated heterocycles. The number of hydrogen-bond acceptors (Lipinski definition) is 6. The van der Waals surface area contributed by atoms with Gasteiger partial charge >= 0.3 is 0 Å². The Kier molecular flexibility index (Phi) is 7.69. The summed E-state index contributed by atoms with van der Waals surface area (Å²) in [6.45, 7) is 0.576. The summed E-state index contributed by atoms with van der Waals surface area (Å²) in [5.41, 5.74) is 2.65. The average Bonchev–Trinajstić information content (AvgIpc) is 3.30. The Morgan fingerprint density at radius 3 is 2.40 bits per heavy atom. The molecule has 0 aliphatic heterocycles. The van der Waals surface area contributed by atoms with Gasteiger partial charge < -0.3 is 14.8 Å². The van der Waals surface area contributed by atoms with Gasteiger partial charge in [0.25, 0.3) is 0 Å². The molecule has 9 heteroatoms. The van der Waals surface area contributed by atoms with E-state index in [2.05, 4.69) is 15.6 Å². The van der Waals surface area contributed by atoms with Gasteiger partial charge in [0.15, 0.2) is 0 Å². The second-order valence-corrected chi connectivity index (χ2v) is 7.79. The molecule has 1 atom stereocenters. The molecule has 2 amide bonds. The van der Waals surface area contributed by atoms with Crippen molar-refractivity contribution in [1.82, 2.24) is 20.3 Å². The Balaban J connectivity index is 1.75. The van der Waals surface area contributed by atoms with Gasteiger partial charge in [-0.15, -0.1) is 5.10 Å². The third-order valence-electron chi connectivity index (χ3n) is 5.55. The molecule has 3 aromatic carbocycles. The van der Waals surface area contributed by atoms with Crippen LogP contribution in [0.4, 0.5) is 5.69 Å². The molecule has 0 fully saturated rings. The van der Waals surface area contributed by atoms with Crippen molar-refractivity contribution < 1.29 is 19.1 Å². The van der Waals surface area contributed by atoms with Crippen molar-refractivity contribution in [3.05, 3.63) is 84.4 Å². The quantitative estimate of drug-likeness (QED) is 0.356. The number of benzene rings is 3. The van der Waals surface area contributed by atoms with Gasteiger partial charge in [-0.25, -0.2) is 4.68 Å². The van der Waals surface area contributed by atoms with Crippen molar-refractivity contribution in [3.63, 3.8) is 0 Å². The summed E-state index contributed by atoms with van der Waals surface area (Å²) >= 11 is 0. The first-order valence-electron chi connectivity index (χ1n) is 11.2. The van der Waals surface area contributed by atoms with E-state index in [-0.39, 0.29) is 18.4 Å². The topological polar surface area (TPSA) is 98.6 Å². The zero-order valence-corrected chi connectivity index (χ0v) is 19.6. The number of rotatable bonds is 10. The smallest absolute Gasteiger partial charge is 0.249 e. The fourth-order valence-electron chi connectivity index (χ4n) is 3.84. The highest BCUT2D eigenvalue weighted by atomic mass is 16.5. The minimum absolute atomic E-state index is 0.0960. The van der Waals surface area contributed by atoms with E-state index in [0.29, 0.717) is 35.7 Å². The molecule has 180 valence electrons. The molecule has 0 radical (unpaired) electrons. The molecule has 0 saturated carbocycles. The van der Waals surface area contributed by atoms with E-state index in [4.69, 9.17) is 9.47 Å². The molecule has 1 heterocycles. The SMILES string of the molecule is COCCNC(=O)[C@@H](c1ccccc1)N(C(=O)Cn1nnc2ccccc21)c1ccc(OC)cc1. The van der Waals surface area contributed by atoms with Crippen LogP contribution in [0.1, 0.15) is 11.6 Å². The fraction of sp³-hybridized carbons (Fsp3) is 0.231. The number of nitrogens with zero attached hydrogens (tertiary/aromatic N) is 4. The summed E-state index contributed by atoms with van der Waals surface area (Å²) < 4.78 is 11.9. The van der Waals surface area contributed by atoms with E-state index in [1.165, 1.54) is 4.90 Å². The number of carbonyl (C=O) groups is 2. The van der Waals surface area contributed by atoms with Gasteiger partial charge in [0, 0.05) is 19.3 Å². The number of methoxy groups -OCH3 is 2. The zero-order chi connectivity index (χ0) is 24.6. The highest BCUT2D eigenvalue weighted by Crippen LogP contribution is 2.30. The minimum atomic E-state index is -0.913. The van der Waals surface area contributed by atoms with Crippen LogP contribution in [-0.4, -0.2) is 54.2 Å². The summed E-state index contributed by atoms with van der Waals surface area (Å²) in [6, 6.07) is 22.7. The van der Waals surface area contributed by atoms with Gasteiger partial charge in [-0.3, -0.25) is 14.5 Å². The van der Waals surface area contributed by atoms with Gasteiger partial charge in [0.1, 0.15) is 23.9 Å². The molecule has 0 unspecified atom stereocenters. The fourth-order valence-corrected chi connectivity index (χ4v) is 3.84. The number of nitrogens with one attached hydrogen (secondary N) is 1. The molecule has 0 spiro atoms. The number of ether oxygens (including phenoxy) is 2. The molecule has 0 aliphatic rings. The summed E-state index contributed by atoms with van der Waals surface area (Å²) in [6.07, 6.45) is 0. The van der Waals surface area contributed by atoms with Gasteiger partial charge in [-0.2, -0.15) is 0 Å². The lowest BCUT2D eigenvalue weighted by Gasteiger charge is -2.31. The number of para-hydroxylation sites is 1. The minimum Gasteiger partial charge on any atom is -0.497 e. The number of anilines is 1. The van der Waals surface area contributed by atoms with E-state index in [1.54, 1.807) is 43.2 Å². The zero-order valence-electron chi connectivity index (χ0n) is 19.6. The monoisotopic (exact) mass is 473 g/mol. The number of amides is 2. The van der Waals surface area contributed by atoms with Crippen molar-refractivity contribution in [3.8, 4) is 5.75 Å². The summed E-state index contributed by atoms with van der Waals surface area (Å²) in [4.78, 5) is 28.8. The third-order valence-corrected chi connectivity index (χ3v) is 5.55. The van der Waals surface area contributed by atoms with Crippen LogP contribution in [0, 0.1) is 0 Å². The lowest BCUT2D eigenvalue weighted by Crippen LogP contribution is -2.46. The van der Waals surface area contributed by atoms with Crippen LogP contribution in [0.3, 0.4) is 0 Å². The van der Waals surface area contributed by atoms with Crippen LogP contribution in [0.15, 0.2) is 78.9 Å². The van der Waals surface area contributed by atoms with E-state index in [1.807, 2.05) is 54.6 Å². The Hall–Kier alpha value is -4.24. The second kappa shape index (κ2) is 11.3. The van der Waals surface area contributed by atoms with Crippen molar-refractivity contribution in [2.75, 3.05) is 32.3 Å². The molecule has 35 heavy (non-hydrogen) atoms. The Labute approximate surface area is 203 Å². The first-order valence-corrected chi connectivity index (χ1v) is 11.2. The normalized spacial score (nSPS) is 11.7. The molecule has 1 aromatic heterocycles. The van der Waals surface area contributed by atoms with E-state index >= 15 is 0 Å². The molecular formula is C26H27N5O4. The molecule has 9 nitrogen and oxygen atoms in total. The average molecular weight is 474 g/mol. The molecule has 0 bridgehead atoms. The van der Waals surface area contributed by atoms with Crippen LogP contribution in [0.25, 0.3) is 11.0 Å². The first-order chi connectivity index (χ1) is 17.1. The highest BCUT2D eigenvalue weighted by molar-refractivity contribution is 6.01. The van der Waals surface area contributed by atoms with Crippen LogP contribution in [0.5, 0.6) is 5.75 Å². The van der Waals surface area contributed by atoms with Crippen molar-refractivity contribution in [2.24, 2.45) is 0 Å². The predicted octanol–water partition coefficient (Wildman–Crippen LogP) is 2.98.